The van der Waals surface area contributed by atoms with Crippen molar-refractivity contribution in [1.29, 1.82) is 0 Å². The molecule has 0 heterocycles. The van der Waals surface area contributed by atoms with Crippen molar-refractivity contribution < 1.29 is 41.2 Å². The van der Waals surface area contributed by atoms with E-state index in [0.717, 1.165) is 10.8 Å². The van der Waals surface area contributed by atoms with Gasteiger partial charge in [0.05, 0.1) is 0 Å². The molecule has 15 heavy (non-hydrogen) atoms. The number of phenols is 1. The summed E-state index contributed by atoms with van der Waals surface area (Å²) in [7, 11) is 0. The molecule has 4 heteroatoms. The number of hydrogen-bond acceptors (Lipinski definition) is 2. The number of carboxylic acids is 1. The van der Waals surface area contributed by atoms with Crippen LogP contribution < -0.4 is 0 Å². The molecule has 2 rings (SSSR count). The molecule has 0 aliphatic carbocycles. The van der Waals surface area contributed by atoms with Crippen LogP contribution in [-0.2, 0) is 26.2 Å². The Labute approximate surface area is 105 Å². The van der Waals surface area contributed by atoms with Crippen LogP contribution in [-0.4, -0.2) is 16.2 Å². The maximum Gasteiger partial charge on any atom is 0.339 e. The second kappa shape index (κ2) is 4.58. The molecule has 0 amide bonds. The summed E-state index contributed by atoms with van der Waals surface area (Å²) >= 11 is 0. The Hall–Kier alpha value is -1.15. The van der Waals surface area contributed by atoms with E-state index >= 15 is 0 Å². The van der Waals surface area contributed by atoms with Gasteiger partial charge in [0.25, 0.3) is 0 Å². The van der Waals surface area contributed by atoms with Gasteiger partial charge in [-0.1, -0.05) is 24.3 Å². The first-order chi connectivity index (χ1) is 6.68. The minimum absolute atomic E-state index is 0. The third kappa shape index (κ3) is 2.27. The number of aromatic carboxylic acids is 1. The zero-order chi connectivity index (χ0) is 10.1. The molecule has 0 aliphatic rings. The number of carboxylic acid groups (broad SMARTS) is 1. The molecule has 0 saturated heterocycles. The molecule has 2 aromatic carbocycles. The minimum Gasteiger partial charge on any atom is -0.507 e. The third-order valence-electron chi connectivity index (χ3n) is 2.09. The minimum atomic E-state index is -1.12. The molecule has 0 spiro atoms. The van der Waals surface area contributed by atoms with Crippen molar-refractivity contribution in [3.8, 4) is 5.75 Å². The van der Waals surface area contributed by atoms with E-state index < -0.39 is 5.97 Å². The summed E-state index contributed by atoms with van der Waals surface area (Å²) in [5.41, 5.74) is -0.0660. The van der Waals surface area contributed by atoms with E-state index in [1.165, 1.54) is 12.1 Å². The molecule has 0 fully saturated rings. The predicted octanol–water partition coefficient (Wildman–Crippen LogP) is 2.24. The first-order valence-electron chi connectivity index (χ1n) is 4.13. The standard InChI is InChI=1S/C11H8O3.Zr/c12-10-6-8-4-2-1-3-7(8)5-9(10)11(13)14;/h1-6,12H,(H,13,14);. The first kappa shape index (κ1) is 11.9. The fourth-order valence-electron chi connectivity index (χ4n) is 1.40. The van der Waals surface area contributed by atoms with Gasteiger partial charge in [0.2, 0.25) is 0 Å². The summed E-state index contributed by atoms with van der Waals surface area (Å²) in [6.07, 6.45) is 0. The van der Waals surface area contributed by atoms with Crippen LogP contribution in [0.2, 0.25) is 0 Å². The number of aromatic hydroxyl groups is 1. The SMILES string of the molecule is O=C(O)c1cc2ccccc2cc1O.[Zr]. The van der Waals surface area contributed by atoms with E-state index in [-0.39, 0.29) is 37.5 Å². The number of rotatable bonds is 1. The summed E-state index contributed by atoms with van der Waals surface area (Å²) in [6.45, 7) is 0. The van der Waals surface area contributed by atoms with E-state index in [9.17, 15) is 9.90 Å². The second-order valence-electron chi connectivity index (χ2n) is 3.02. The zero-order valence-corrected chi connectivity index (χ0v) is 10.2. The van der Waals surface area contributed by atoms with Gasteiger partial charge >= 0.3 is 5.97 Å². The molecule has 2 aromatic rings. The van der Waals surface area contributed by atoms with Crippen molar-refractivity contribution in [2.24, 2.45) is 0 Å². The molecule has 3 nitrogen and oxygen atoms in total. The topological polar surface area (TPSA) is 57.5 Å². The van der Waals surface area contributed by atoms with Crippen molar-refractivity contribution in [2.75, 3.05) is 0 Å². The normalized spacial score (nSPS) is 9.60. The largest absolute Gasteiger partial charge is 0.507 e. The number of fused-ring (bicyclic) bond motifs is 1. The molecule has 0 radical (unpaired) electrons. The summed E-state index contributed by atoms with van der Waals surface area (Å²) in [5.74, 6) is -1.32. The van der Waals surface area contributed by atoms with E-state index in [1.54, 1.807) is 6.07 Å². The van der Waals surface area contributed by atoms with Crippen molar-refractivity contribution in [3.63, 3.8) is 0 Å². The average Bonchev–Trinajstić information content (AvgIpc) is 2.16. The molecule has 0 unspecified atom stereocenters. The fourth-order valence-corrected chi connectivity index (χ4v) is 1.40. The van der Waals surface area contributed by atoms with Gasteiger partial charge in [-0.05, 0) is 22.9 Å². The Morgan fingerprint density at radius 2 is 1.60 bits per heavy atom. The monoisotopic (exact) mass is 278 g/mol. The quantitative estimate of drug-likeness (QED) is 0.841. The Morgan fingerprint density at radius 3 is 2.13 bits per heavy atom. The van der Waals surface area contributed by atoms with Crippen molar-refractivity contribution in [1.82, 2.24) is 0 Å². The number of carbonyl (C=O) groups is 1. The Bertz CT molecular complexity index is 508. The second-order valence-corrected chi connectivity index (χ2v) is 3.02. The van der Waals surface area contributed by atoms with Gasteiger partial charge < -0.3 is 10.2 Å². The van der Waals surface area contributed by atoms with Crippen molar-refractivity contribution in [2.45, 2.75) is 0 Å². The summed E-state index contributed by atoms with van der Waals surface area (Å²) in [5, 5.41) is 19.8. The molecular formula is C11H8O3Zr. The molecule has 0 bridgehead atoms. The fraction of sp³-hybridized carbons (Fsp3) is 0. The van der Waals surface area contributed by atoms with Gasteiger partial charge in [-0.3, -0.25) is 0 Å². The maximum absolute atomic E-state index is 10.7. The average molecular weight is 279 g/mol. The molecule has 74 valence electrons. The predicted molar refractivity (Wildman–Crippen MR) is 52.6 cm³/mol. The van der Waals surface area contributed by atoms with Crippen molar-refractivity contribution in [3.05, 3.63) is 42.0 Å². The van der Waals surface area contributed by atoms with Gasteiger partial charge in [0, 0.05) is 26.2 Å². The van der Waals surface area contributed by atoms with Crippen LogP contribution in [0.3, 0.4) is 0 Å². The smallest absolute Gasteiger partial charge is 0.339 e. The van der Waals surface area contributed by atoms with Gasteiger partial charge in [-0.25, -0.2) is 4.79 Å². The summed E-state index contributed by atoms with van der Waals surface area (Å²) in [4.78, 5) is 10.7. The zero-order valence-electron chi connectivity index (χ0n) is 7.77. The molecule has 0 aromatic heterocycles. The number of benzene rings is 2. The van der Waals surface area contributed by atoms with Crippen molar-refractivity contribution >= 4 is 16.7 Å². The van der Waals surface area contributed by atoms with Crippen LogP contribution in [0, 0.1) is 0 Å². The van der Waals surface area contributed by atoms with E-state index in [4.69, 9.17) is 5.11 Å². The van der Waals surface area contributed by atoms with Crippen LogP contribution >= 0.6 is 0 Å². The third-order valence-corrected chi connectivity index (χ3v) is 2.09. The molecule has 2 N–H and O–H groups in total. The molecular weight excluding hydrogens is 271 g/mol. The van der Waals surface area contributed by atoms with Crippen LogP contribution in [0.5, 0.6) is 5.75 Å². The van der Waals surface area contributed by atoms with Gasteiger partial charge in [-0.2, -0.15) is 0 Å². The molecule has 0 saturated carbocycles. The van der Waals surface area contributed by atoms with E-state index in [0.29, 0.717) is 0 Å². The Balaban J connectivity index is 0.00000112. The molecule has 0 atom stereocenters. The maximum atomic E-state index is 10.7. The van der Waals surface area contributed by atoms with Gasteiger partial charge in [0.1, 0.15) is 11.3 Å². The van der Waals surface area contributed by atoms with Gasteiger partial charge in [0.15, 0.2) is 0 Å². The van der Waals surface area contributed by atoms with Crippen LogP contribution in [0.25, 0.3) is 10.8 Å². The van der Waals surface area contributed by atoms with Crippen LogP contribution in [0.15, 0.2) is 36.4 Å². The van der Waals surface area contributed by atoms with E-state index in [2.05, 4.69) is 0 Å². The number of hydrogen-bond donors (Lipinski definition) is 2. The Kier molecular flexibility index (Phi) is 3.64. The summed E-state index contributed by atoms with van der Waals surface area (Å²) < 4.78 is 0. The Morgan fingerprint density at radius 1 is 1.07 bits per heavy atom. The van der Waals surface area contributed by atoms with Crippen LogP contribution in [0.1, 0.15) is 10.4 Å². The van der Waals surface area contributed by atoms with Gasteiger partial charge in [-0.15, -0.1) is 0 Å². The molecule has 0 aliphatic heterocycles. The first-order valence-corrected chi connectivity index (χ1v) is 4.13. The summed E-state index contributed by atoms with van der Waals surface area (Å²) in [6, 6.07) is 10.2. The van der Waals surface area contributed by atoms with E-state index in [1.807, 2.05) is 18.2 Å². The van der Waals surface area contributed by atoms with Crippen LogP contribution in [0.4, 0.5) is 0 Å².